The van der Waals surface area contributed by atoms with Crippen molar-refractivity contribution in [2.45, 2.75) is 33.4 Å². The maximum absolute atomic E-state index is 13.1. The Bertz CT molecular complexity index is 1550. The number of aromatic nitrogens is 2. The summed E-state index contributed by atoms with van der Waals surface area (Å²) in [6.45, 7) is 5.24. The molecule has 0 saturated heterocycles. The number of ether oxygens (including phenoxy) is 1. The average molecular weight is 491 g/mol. The molecule has 0 bridgehead atoms. The second kappa shape index (κ2) is 10.7. The number of fused-ring (bicyclic) bond motifs is 1. The van der Waals surface area contributed by atoms with Crippen LogP contribution in [0.2, 0.25) is 0 Å². The summed E-state index contributed by atoms with van der Waals surface area (Å²) < 4.78 is 12.0. The van der Waals surface area contributed by atoms with Gasteiger partial charge in [0, 0.05) is 38.3 Å². The summed E-state index contributed by atoms with van der Waals surface area (Å²) in [5, 5.41) is 0.780. The number of anilines is 2. The predicted octanol–water partition coefficient (Wildman–Crippen LogP) is 2.93. The van der Waals surface area contributed by atoms with Crippen LogP contribution in [-0.2, 0) is 17.8 Å². The highest BCUT2D eigenvalue weighted by Crippen LogP contribution is 2.26. The Labute approximate surface area is 207 Å². The normalized spacial score (nSPS) is 11.2. The highest BCUT2D eigenvalue weighted by Gasteiger charge is 2.21. The van der Waals surface area contributed by atoms with Crippen molar-refractivity contribution in [1.29, 1.82) is 0 Å². The van der Waals surface area contributed by atoms with E-state index in [9.17, 15) is 14.4 Å². The lowest BCUT2D eigenvalue weighted by atomic mass is 10.0. The van der Waals surface area contributed by atoms with Gasteiger partial charge in [-0.2, -0.15) is 0 Å². The highest BCUT2D eigenvalue weighted by molar-refractivity contribution is 5.82. The van der Waals surface area contributed by atoms with Crippen LogP contribution in [0, 0.1) is 13.8 Å². The number of nitrogens with two attached hydrogens (primary N) is 1. The van der Waals surface area contributed by atoms with Crippen LogP contribution in [0.3, 0.4) is 0 Å². The van der Waals surface area contributed by atoms with E-state index in [0.29, 0.717) is 30.7 Å². The summed E-state index contributed by atoms with van der Waals surface area (Å²) in [4.78, 5) is 42.3. The van der Waals surface area contributed by atoms with Crippen molar-refractivity contribution in [1.82, 2.24) is 9.55 Å². The van der Waals surface area contributed by atoms with Crippen LogP contribution in [0.25, 0.3) is 11.0 Å². The summed E-state index contributed by atoms with van der Waals surface area (Å²) >= 11 is 0. The standard InChI is InChI=1S/C27H30N4O5/c1-17-12-21-20(14-23(32)36-22(21)13-18(17)2)16-30(10-7-11-35-3)24-25(28)31(27(34)29-26(24)33)15-19-8-5-4-6-9-19/h4-6,8-9,12-14H,7,10-11,15-16,28H2,1-3H3,(H,29,33,34). The average Bonchev–Trinajstić information content (AvgIpc) is 2.83. The van der Waals surface area contributed by atoms with Gasteiger partial charge in [-0.25, -0.2) is 9.59 Å². The second-order valence-corrected chi connectivity index (χ2v) is 8.86. The number of hydrogen-bond donors (Lipinski definition) is 2. The predicted molar refractivity (Wildman–Crippen MR) is 141 cm³/mol. The van der Waals surface area contributed by atoms with Gasteiger partial charge in [-0.1, -0.05) is 30.3 Å². The third-order valence-electron chi connectivity index (χ3n) is 6.30. The zero-order valence-electron chi connectivity index (χ0n) is 20.7. The van der Waals surface area contributed by atoms with Gasteiger partial charge in [-0.05, 0) is 54.7 Å². The lowest BCUT2D eigenvalue weighted by Gasteiger charge is -2.27. The van der Waals surface area contributed by atoms with E-state index < -0.39 is 16.9 Å². The Morgan fingerprint density at radius 1 is 1.06 bits per heavy atom. The Kier molecular flexibility index (Phi) is 7.40. The minimum Gasteiger partial charge on any atom is -0.423 e. The number of benzene rings is 2. The number of aromatic amines is 1. The lowest BCUT2D eigenvalue weighted by Crippen LogP contribution is -2.39. The fourth-order valence-electron chi connectivity index (χ4n) is 4.29. The number of nitrogen functional groups attached to an aromatic ring is 1. The molecule has 0 amide bonds. The van der Waals surface area contributed by atoms with Crippen LogP contribution in [0.5, 0.6) is 0 Å². The fourth-order valence-corrected chi connectivity index (χ4v) is 4.29. The Hall–Kier alpha value is -4.11. The third-order valence-corrected chi connectivity index (χ3v) is 6.30. The number of nitrogens with one attached hydrogen (secondary N) is 1. The van der Waals surface area contributed by atoms with Crippen LogP contribution in [0.1, 0.15) is 28.7 Å². The van der Waals surface area contributed by atoms with Crippen molar-refractivity contribution in [3.8, 4) is 0 Å². The van der Waals surface area contributed by atoms with Crippen molar-refractivity contribution >= 4 is 22.5 Å². The number of nitrogens with zero attached hydrogens (tertiary/aromatic N) is 2. The number of aryl methyl sites for hydroxylation is 2. The molecular formula is C27H30N4O5. The van der Waals surface area contributed by atoms with Gasteiger partial charge in [0.15, 0.2) is 0 Å². The molecule has 4 rings (SSSR count). The summed E-state index contributed by atoms with van der Waals surface area (Å²) in [7, 11) is 1.60. The minimum atomic E-state index is -0.585. The second-order valence-electron chi connectivity index (χ2n) is 8.86. The zero-order chi connectivity index (χ0) is 25.8. The molecule has 9 nitrogen and oxygen atoms in total. The smallest absolute Gasteiger partial charge is 0.336 e. The van der Waals surface area contributed by atoms with Gasteiger partial charge in [-0.3, -0.25) is 14.3 Å². The summed E-state index contributed by atoms with van der Waals surface area (Å²) in [5.41, 5.74) is 9.10. The third kappa shape index (κ3) is 5.26. The Balaban J connectivity index is 1.83. The first-order valence-corrected chi connectivity index (χ1v) is 11.7. The molecule has 2 heterocycles. The quantitative estimate of drug-likeness (QED) is 0.273. The van der Waals surface area contributed by atoms with Gasteiger partial charge in [-0.15, -0.1) is 0 Å². The Morgan fingerprint density at radius 2 is 1.78 bits per heavy atom. The van der Waals surface area contributed by atoms with Crippen LogP contribution in [-0.4, -0.2) is 29.8 Å². The van der Waals surface area contributed by atoms with Crippen molar-refractivity contribution in [3.63, 3.8) is 0 Å². The number of H-pyrrole nitrogens is 1. The molecule has 2 aromatic heterocycles. The van der Waals surface area contributed by atoms with Gasteiger partial charge in [0.2, 0.25) is 0 Å². The minimum absolute atomic E-state index is 0.0596. The van der Waals surface area contributed by atoms with E-state index in [0.717, 1.165) is 22.1 Å². The van der Waals surface area contributed by atoms with Crippen LogP contribution in [0.15, 0.2) is 67.3 Å². The molecule has 0 aliphatic heterocycles. The molecule has 4 aromatic rings. The van der Waals surface area contributed by atoms with Crippen molar-refractivity contribution < 1.29 is 9.15 Å². The molecule has 36 heavy (non-hydrogen) atoms. The number of hydrogen-bond acceptors (Lipinski definition) is 7. The lowest BCUT2D eigenvalue weighted by molar-refractivity contribution is 0.196. The molecule has 0 spiro atoms. The van der Waals surface area contributed by atoms with E-state index in [1.165, 1.54) is 10.6 Å². The highest BCUT2D eigenvalue weighted by atomic mass is 16.5. The van der Waals surface area contributed by atoms with E-state index in [-0.39, 0.29) is 24.6 Å². The van der Waals surface area contributed by atoms with Crippen molar-refractivity contribution in [2.24, 2.45) is 0 Å². The largest absolute Gasteiger partial charge is 0.423 e. The van der Waals surface area contributed by atoms with Crippen molar-refractivity contribution in [3.05, 3.63) is 102 Å². The molecule has 0 aliphatic carbocycles. The molecule has 3 N–H and O–H groups in total. The molecule has 0 unspecified atom stereocenters. The number of methoxy groups -OCH3 is 1. The SMILES string of the molecule is COCCCN(Cc1cc(=O)oc2cc(C)c(C)cc12)c1c(N)n(Cc2ccccc2)c(=O)[nH]c1=O. The monoisotopic (exact) mass is 490 g/mol. The van der Waals surface area contributed by atoms with Gasteiger partial charge < -0.3 is 19.8 Å². The van der Waals surface area contributed by atoms with Crippen LogP contribution >= 0.6 is 0 Å². The first-order chi connectivity index (χ1) is 17.3. The van der Waals surface area contributed by atoms with E-state index in [4.69, 9.17) is 14.9 Å². The zero-order valence-corrected chi connectivity index (χ0v) is 20.7. The first-order valence-electron chi connectivity index (χ1n) is 11.7. The van der Waals surface area contributed by atoms with Gasteiger partial charge in [0.1, 0.15) is 17.1 Å². The van der Waals surface area contributed by atoms with E-state index in [1.54, 1.807) is 12.0 Å². The number of rotatable bonds is 9. The van der Waals surface area contributed by atoms with Crippen LogP contribution < -0.4 is 27.5 Å². The summed E-state index contributed by atoms with van der Waals surface area (Å²) in [6.07, 6.45) is 0.602. The van der Waals surface area contributed by atoms with E-state index in [2.05, 4.69) is 4.98 Å². The summed E-state index contributed by atoms with van der Waals surface area (Å²) in [6, 6.07) is 14.6. The fraction of sp³-hybridized carbons (Fsp3) is 0.296. The van der Waals surface area contributed by atoms with Gasteiger partial charge in [0.25, 0.3) is 5.56 Å². The van der Waals surface area contributed by atoms with E-state index >= 15 is 0 Å². The summed E-state index contributed by atoms with van der Waals surface area (Å²) in [5.74, 6) is 0.0596. The molecule has 9 heteroatoms. The molecule has 0 fully saturated rings. The molecule has 0 atom stereocenters. The molecule has 188 valence electrons. The van der Waals surface area contributed by atoms with E-state index in [1.807, 2.05) is 56.3 Å². The maximum Gasteiger partial charge on any atom is 0.336 e. The van der Waals surface area contributed by atoms with Crippen LogP contribution in [0.4, 0.5) is 11.5 Å². The first kappa shape index (κ1) is 25.0. The molecule has 2 aromatic carbocycles. The molecule has 0 radical (unpaired) electrons. The Morgan fingerprint density at radius 3 is 2.50 bits per heavy atom. The van der Waals surface area contributed by atoms with Crippen molar-refractivity contribution in [2.75, 3.05) is 30.9 Å². The topological polar surface area (TPSA) is 124 Å². The molecule has 0 saturated carbocycles. The maximum atomic E-state index is 13.1. The molecule has 0 aliphatic rings. The molecular weight excluding hydrogens is 460 g/mol. The van der Waals surface area contributed by atoms with Gasteiger partial charge >= 0.3 is 11.3 Å². The van der Waals surface area contributed by atoms with Gasteiger partial charge in [0.05, 0.1) is 6.54 Å².